The van der Waals surface area contributed by atoms with Crippen LogP contribution in [0.15, 0.2) is 47.1 Å². The molecular formula is C17H20N4O. The summed E-state index contributed by atoms with van der Waals surface area (Å²) in [4.78, 5) is 2.19. The van der Waals surface area contributed by atoms with Crippen LogP contribution in [0.4, 0.5) is 0 Å². The molecule has 0 atom stereocenters. The second-order valence-electron chi connectivity index (χ2n) is 5.56. The molecule has 5 heteroatoms. The molecule has 0 fully saturated rings. The van der Waals surface area contributed by atoms with E-state index in [1.165, 1.54) is 0 Å². The Bertz CT molecular complexity index is 726. The SMILES string of the molecule is Cc1noc(C)c1CN(C)Cn1ccc(-c2ccccc2)n1. The predicted molar refractivity (Wildman–Crippen MR) is 85.1 cm³/mol. The van der Waals surface area contributed by atoms with Gasteiger partial charge in [0.25, 0.3) is 0 Å². The molecule has 0 aliphatic carbocycles. The predicted octanol–water partition coefficient (Wildman–Crippen LogP) is 3.24. The first-order valence-corrected chi connectivity index (χ1v) is 7.32. The Balaban J connectivity index is 1.68. The van der Waals surface area contributed by atoms with Crippen molar-refractivity contribution in [1.82, 2.24) is 19.8 Å². The lowest BCUT2D eigenvalue weighted by Gasteiger charge is -2.16. The Morgan fingerprint density at radius 1 is 1.14 bits per heavy atom. The molecule has 0 saturated heterocycles. The summed E-state index contributed by atoms with van der Waals surface area (Å²) < 4.78 is 7.15. The average molecular weight is 296 g/mol. The fourth-order valence-electron chi connectivity index (χ4n) is 2.50. The van der Waals surface area contributed by atoms with E-state index in [9.17, 15) is 0 Å². The van der Waals surface area contributed by atoms with E-state index in [4.69, 9.17) is 4.52 Å². The third-order valence-electron chi connectivity index (χ3n) is 3.71. The molecular weight excluding hydrogens is 276 g/mol. The van der Waals surface area contributed by atoms with E-state index in [1.807, 2.05) is 49.0 Å². The van der Waals surface area contributed by atoms with Gasteiger partial charge >= 0.3 is 0 Å². The molecule has 3 rings (SSSR count). The van der Waals surface area contributed by atoms with Crippen LogP contribution >= 0.6 is 0 Å². The van der Waals surface area contributed by atoms with E-state index in [2.05, 4.69) is 34.3 Å². The van der Waals surface area contributed by atoms with Crippen molar-refractivity contribution in [2.24, 2.45) is 0 Å². The van der Waals surface area contributed by atoms with Gasteiger partial charge in [0.05, 0.1) is 18.1 Å². The third kappa shape index (κ3) is 3.09. The summed E-state index contributed by atoms with van der Waals surface area (Å²) in [7, 11) is 2.07. The van der Waals surface area contributed by atoms with Crippen molar-refractivity contribution in [3.63, 3.8) is 0 Å². The Hall–Kier alpha value is -2.40. The number of hydrogen-bond donors (Lipinski definition) is 0. The smallest absolute Gasteiger partial charge is 0.138 e. The van der Waals surface area contributed by atoms with Gasteiger partial charge in [0.15, 0.2) is 0 Å². The third-order valence-corrected chi connectivity index (χ3v) is 3.71. The lowest BCUT2D eigenvalue weighted by atomic mass is 10.2. The zero-order valence-electron chi connectivity index (χ0n) is 13.2. The lowest BCUT2D eigenvalue weighted by Crippen LogP contribution is -2.22. The minimum atomic E-state index is 0.719. The second kappa shape index (κ2) is 6.15. The quantitative estimate of drug-likeness (QED) is 0.725. The number of hydrogen-bond acceptors (Lipinski definition) is 4. The summed E-state index contributed by atoms with van der Waals surface area (Å²) in [5, 5.41) is 8.63. The molecule has 0 aliphatic heterocycles. The highest BCUT2D eigenvalue weighted by molar-refractivity contribution is 5.57. The number of aromatic nitrogens is 3. The molecule has 22 heavy (non-hydrogen) atoms. The summed E-state index contributed by atoms with van der Waals surface area (Å²) in [6.45, 7) is 5.43. The molecule has 2 aromatic heterocycles. The van der Waals surface area contributed by atoms with Gasteiger partial charge in [-0.2, -0.15) is 5.10 Å². The van der Waals surface area contributed by atoms with Gasteiger partial charge in [-0.25, -0.2) is 0 Å². The van der Waals surface area contributed by atoms with E-state index >= 15 is 0 Å². The van der Waals surface area contributed by atoms with Crippen molar-refractivity contribution in [3.8, 4) is 11.3 Å². The standard InChI is InChI=1S/C17H20N4O/c1-13-16(14(2)22-19-13)11-20(3)12-21-10-9-17(18-21)15-7-5-4-6-8-15/h4-10H,11-12H2,1-3H3. The van der Waals surface area contributed by atoms with Gasteiger partial charge in [-0.1, -0.05) is 35.5 Å². The molecule has 1 aromatic carbocycles. The molecule has 0 saturated carbocycles. The van der Waals surface area contributed by atoms with Crippen LogP contribution in [-0.2, 0) is 13.2 Å². The summed E-state index contributed by atoms with van der Waals surface area (Å²) in [6, 6.07) is 12.2. The molecule has 0 bridgehead atoms. The van der Waals surface area contributed by atoms with Crippen LogP contribution in [0.2, 0.25) is 0 Å². The minimum absolute atomic E-state index is 0.719. The van der Waals surface area contributed by atoms with E-state index < -0.39 is 0 Å². The normalized spacial score (nSPS) is 11.3. The second-order valence-corrected chi connectivity index (χ2v) is 5.56. The van der Waals surface area contributed by atoms with Crippen molar-refractivity contribution in [2.45, 2.75) is 27.1 Å². The highest BCUT2D eigenvalue weighted by Crippen LogP contribution is 2.17. The van der Waals surface area contributed by atoms with E-state index in [0.717, 1.165) is 41.5 Å². The number of nitrogens with zero attached hydrogens (tertiary/aromatic N) is 4. The van der Waals surface area contributed by atoms with E-state index in [1.54, 1.807) is 0 Å². The van der Waals surface area contributed by atoms with Gasteiger partial charge in [-0.3, -0.25) is 9.58 Å². The monoisotopic (exact) mass is 296 g/mol. The number of rotatable bonds is 5. The van der Waals surface area contributed by atoms with Crippen LogP contribution in [0.1, 0.15) is 17.0 Å². The fraction of sp³-hybridized carbons (Fsp3) is 0.294. The van der Waals surface area contributed by atoms with Crippen molar-refractivity contribution in [1.29, 1.82) is 0 Å². The van der Waals surface area contributed by atoms with E-state index in [0.29, 0.717) is 0 Å². The average Bonchev–Trinajstić information content (AvgIpc) is 3.10. The highest BCUT2D eigenvalue weighted by Gasteiger charge is 2.12. The maximum absolute atomic E-state index is 5.21. The molecule has 2 heterocycles. The van der Waals surface area contributed by atoms with Crippen LogP contribution in [0, 0.1) is 13.8 Å². The minimum Gasteiger partial charge on any atom is -0.361 e. The maximum atomic E-state index is 5.21. The first kappa shape index (κ1) is 14.5. The number of aryl methyl sites for hydroxylation is 2. The van der Waals surface area contributed by atoms with Gasteiger partial charge in [-0.05, 0) is 27.0 Å². The Morgan fingerprint density at radius 2 is 1.91 bits per heavy atom. The number of benzene rings is 1. The van der Waals surface area contributed by atoms with Gasteiger partial charge in [0.1, 0.15) is 5.76 Å². The molecule has 0 spiro atoms. The van der Waals surface area contributed by atoms with E-state index in [-0.39, 0.29) is 0 Å². The molecule has 0 N–H and O–H groups in total. The Labute approximate surface area is 130 Å². The fourth-order valence-corrected chi connectivity index (χ4v) is 2.50. The summed E-state index contributed by atoms with van der Waals surface area (Å²) >= 11 is 0. The summed E-state index contributed by atoms with van der Waals surface area (Å²) in [5.41, 5.74) is 4.23. The van der Waals surface area contributed by atoms with Gasteiger partial charge in [-0.15, -0.1) is 0 Å². The molecule has 0 radical (unpaired) electrons. The molecule has 3 aromatic rings. The summed E-state index contributed by atoms with van der Waals surface area (Å²) in [5.74, 6) is 0.884. The largest absolute Gasteiger partial charge is 0.361 e. The van der Waals surface area contributed by atoms with Crippen LogP contribution < -0.4 is 0 Å². The van der Waals surface area contributed by atoms with Gasteiger partial charge < -0.3 is 4.52 Å². The van der Waals surface area contributed by atoms with Crippen LogP contribution in [0.3, 0.4) is 0 Å². The van der Waals surface area contributed by atoms with Crippen LogP contribution in [0.25, 0.3) is 11.3 Å². The molecule has 0 unspecified atom stereocenters. The maximum Gasteiger partial charge on any atom is 0.138 e. The topological polar surface area (TPSA) is 47.1 Å². The molecule has 0 amide bonds. The van der Waals surface area contributed by atoms with Gasteiger partial charge in [0, 0.05) is 23.9 Å². The zero-order chi connectivity index (χ0) is 15.5. The summed E-state index contributed by atoms with van der Waals surface area (Å²) in [6.07, 6.45) is 2.01. The van der Waals surface area contributed by atoms with Crippen molar-refractivity contribution in [3.05, 3.63) is 59.6 Å². The Kier molecular flexibility index (Phi) is 4.06. The van der Waals surface area contributed by atoms with Crippen LogP contribution in [-0.4, -0.2) is 26.9 Å². The Morgan fingerprint density at radius 3 is 2.59 bits per heavy atom. The van der Waals surface area contributed by atoms with Gasteiger partial charge in [0.2, 0.25) is 0 Å². The van der Waals surface area contributed by atoms with Crippen molar-refractivity contribution >= 4 is 0 Å². The van der Waals surface area contributed by atoms with Crippen molar-refractivity contribution in [2.75, 3.05) is 7.05 Å². The first-order valence-electron chi connectivity index (χ1n) is 7.32. The molecule has 5 nitrogen and oxygen atoms in total. The first-order chi connectivity index (χ1) is 10.6. The zero-order valence-corrected chi connectivity index (χ0v) is 13.2. The molecule has 114 valence electrons. The molecule has 0 aliphatic rings. The van der Waals surface area contributed by atoms with Crippen molar-refractivity contribution < 1.29 is 4.52 Å². The van der Waals surface area contributed by atoms with Crippen LogP contribution in [0.5, 0.6) is 0 Å². The highest BCUT2D eigenvalue weighted by atomic mass is 16.5. The lowest BCUT2D eigenvalue weighted by molar-refractivity contribution is 0.245.